The Morgan fingerprint density at radius 1 is 1.57 bits per heavy atom. The van der Waals surface area contributed by atoms with E-state index in [0.29, 0.717) is 6.07 Å². The largest absolute Gasteiger partial charge is 0.476 e. The van der Waals surface area contributed by atoms with Crippen LogP contribution < -0.4 is 5.73 Å². The molecule has 14 heavy (non-hydrogen) atoms. The summed E-state index contributed by atoms with van der Waals surface area (Å²) >= 11 is 0. The average molecular weight is 206 g/mol. The molecule has 1 heterocycles. The summed E-state index contributed by atoms with van der Waals surface area (Å²) in [6.07, 6.45) is -3.13. The highest BCUT2D eigenvalue weighted by atomic mass is 19.3. The maximum Gasteiger partial charge on any atom is 0.357 e. The molecular formula is C7H5F3N2O2. The van der Waals surface area contributed by atoms with E-state index >= 15 is 0 Å². The Balaban J connectivity index is 3.40. The van der Waals surface area contributed by atoms with Crippen molar-refractivity contribution in [3.05, 3.63) is 23.1 Å². The fourth-order valence-corrected chi connectivity index (χ4v) is 0.870. The molecule has 0 bridgehead atoms. The van der Waals surface area contributed by atoms with Gasteiger partial charge in [-0.3, -0.25) is 0 Å². The number of carbonyl (C=O) groups is 1. The summed E-state index contributed by atoms with van der Waals surface area (Å²) in [5, 5.41) is 8.39. The molecule has 0 aliphatic rings. The third-order valence-electron chi connectivity index (χ3n) is 1.44. The number of nitrogens with two attached hydrogens (primary N) is 1. The number of carboxylic acid groups (broad SMARTS) is 1. The molecule has 0 radical (unpaired) electrons. The van der Waals surface area contributed by atoms with Gasteiger partial charge in [0.2, 0.25) is 0 Å². The third-order valence-corrected chi connectivity index (χ3v) is 1.44. The highest BCUT2D eigenvalue weighted by Crippen LogP contribution is 2.24. The van der Waals surface area contributed by atoms with Gasteiger partial charge in [-0.2, -0.15) is 0 Å². The topological polar surface area (TPSA) is 76.2 Å². The van der Waals surface area contributed by atoms with Gasteiger partial charge in [0.1, 0.15) is 5.82 Å². The van der Waals surface area contributed by atoms with Gasteiger partial charge in [0.15, 0.2) is 11.5 Å². The number of alkyl halides is 2. The molecule has 0 amide bonds. The van der Waals surface area contributed by atoms with Gasteiger partial charge < -0.3 is 10.8 Å². The number of aromatic carboxylic acids is 1. The summed E-state index contributed by atoms with van der Waals surface area (Å²) in [7, 11) is 0. The Morgan fingerprint density at radius 2 is 2.14 bits per heavy atom. The van der Waals surface area contributed by atoms with E-state index < -0.39 is 35.3 Å². The monoisotopic (exact) mass is 206 g/mol. The molecule has 0 aliphatic heterocycles. The molecule has 7 heteroatoms. The average Bonchev–Trinajstić information content (AvgIpc) is 2.07. The minimum atomic E-state index is -3.13. The summed E-state index contributed by atoms with van der Waals surface area (Å²) < 4.78 is 37.2. The van der Waals surface area contributed by atoms with Crippen LogP contribution in [0.5, 0.6) is 0 Å². The zero-order chi connectivity index (χ0) is 10.9. The first kappa shape index (κ1) is 10.3. The van der Waals surface area contributed by atoms with Crippen LogP contribution in [-0.4, -0.2) is 16.1 Å². The second-order valence-electron chi connectivity index (χ2n) is 2.40. The van der Waals surface area contributed by atoms with Crippen molar-refractivity contribution in [3.63, 3.8) is 0 Å². The van der Waals surface area contributed by atoms with Crippen molar-refractivity contribution in [2.24, 2.45) is 0 Å². The van der Waals surface area contributed by atoms with Crippen LogP contribution in [-0.2, 0) is 0 Å². The van der Waals surface area contributed by atoms with Gasteiger partial charge in [0, 0.05) is 0 Å². The molecule has 4 nitrogen and oxygen atoms in total. The number of nitrogen functional groups attached to an aromatic ring is 1. The smallest absolute Gasteiger partial charge is 0.357 e. The van der Waals surface area contributed by atoms with Crippen molar-refractivity contribution < 1.29 is 23.1 Å². The standard InChI is InChI=1S/C7H5F3N2O2/c8-4-2(6(9)10)1-3(11)12-5(4)7(13)14/h1,6H,(H2,11,12)(H,13,14). The fourth-order valence-electron chi connectivity index (χ4n) is 0.870. The Labute approximate surface area is 76.2 Å². The molecule has 76 valence electrons. The number of hydrogen-bond acceptors (Lipinski definition) is 3. The zero-order valence-electron chi connectivity index (χ0n) is 6.67. The Hall–Kier alpha value is -1.79. The van der Waals surface area contributed by atoms with Crippen molar-refractivity contribution in [3.8, 4) is 0 Å². The van der Waals surface area contributed by atoms with Gasteiger partial charge in [0.25, 0.3) is 6.43 Å². The third kappa shape index (κ3) is 1.76. The van der Waals surface area contributed by atoms with E-state index in [2.05, 4.69) is 4.98 Å². The van der Waals surface area contributed by atoms with E-state index in [1.54, 1.807) is 0 Å². The van der Waals surface area contributed by atoms with Crippen LogP contribution in [0, 0.1) is 5.82 Å². The van der Waals surface area contributed by atoms with E-state index in [0.717, 1.165) is 0 Å². The zero-order valence-corrected chi connectivity index (χ0v) is 6.67. The van der Waals surface area contributed by atoms with Crippen LogP contribution in [0.2, 0.25) is 0 Å². The number of halogens is 3. The van der Waals surface area contributed by atoms with E-state index in [-0.39, 0.29) is 0 Å². The molecule has 0 aliphatic carbocycles. The van der Waals surface area contributed by atoms with Crippen LogP contribution in [0.3, 0.4) is 0 Å². The molecule has 1 aromatic heterocycles. The first-order valence-electron chi connectivity index (χ1n) is 3.41. The van der Waals surface area contributed by atoms with Crippen LogP contribution in [0.4, 0.5) is 19.0 Å². The minimum Gasteiger partial charge on any atom is -0.476 e. The maximum atomic E-state index is 13.0. The van der Waals surface area contributed by atoms with E-state index in [9.17, 15) is 18.0 Å². The van der Waals surface area contributed by atoms with Gasteiger partial charge in [-0.25, -0.2) is 22.9 Å². The van der Waals surface area contributed by atoms with Gasteiger partial charge in [-0.05, 0) is 6.07 Å². The predicted octanol–water partition coefficient (Wildman–Crippen LogP) is 1.44. The lowest BCUT2D eigenvalue weighted by Gasteiger charge is -2.05. The van der Waals surface area contributed by atoms with E-state index in [4.69, 9.17) is 10.8 Å². The summed E-state index contributed by atoms with van der Waals surface area (Å²) in [4.78, 5) is 13.4. The Kier molecular flexibility index (Phi) is 2.59. The normalized spacial score (nSPS) is 10.6. The lowest BCUT2D eigenvalue weighted by Crippen LogP contribution is -2.09. The molecule has 1 rings (SSSR count). The van der Waals surface area contributed by atoms with E-state index in [1.165, 1.54) is 0 Å². The summed E-state index contributed by atoms with van der Waals surface area (Å²) in [5.41, 5.74) is 2.87. The summed E-state index contributed by atoms with van der Waals surface area (Å²) in [6.45, 7) is 0. The number of carboxylic acids is 1. The number of hydrogen-bond donors (Lipinski definition) is 2. The SMILES string of the molecule is Nc1cc(C(F)F)c(F)c(C(=O)O)n1. The summed E-state index contributed by atoms with van der Waals surface area (Å²) in [5.74, 6) is -3.75. The van der Waals surface area contributed by atoms with Crippen molar-refractivity contribution in [2.75, 3.05) is 5.73 Å². The molecule has 0 saturated heterocycles. The Bertz CT molecular complexity index is 381. The van der Waals surface area contributed by atoms with Crippen molar-refractivity contribution in [2.45, 2.75) is 6.43 Å². The number of rotatable bonds is 2. The molecule has 3 N–H and O–H groups in total. The molecule has 0 atom stereocenters. The van der Waals surface area contributed by atoms with Crippen LogP contribution in [0.1, 0.15) is 22.5 Å². The number of pyridine rings is 1. The van der Waals surface area contributed by atoms with Crippen LogP contribution in [0.25, 0.3) is 0 Å². The van der Waals surface area contributed by atoms with Gasteiger partial charge in [-0.1, -0.05) is 0 Å². The Morgan fingerprint density at radius 3 is 2.57 bits per heavy atom. The highest BCUT2D eigenvalue weighted by molar-refractivity contribution is 5.86. The van der Waals surface area contributed by atoms with Gasteiger partial charge in [0.05, 0.1) is 5.56 Å². The van der Waals surface area contributed by atoms with E-state index in [1.807, 2.05) is 0 Å². The first-order valence-corrected chi connectivity index (χ1v) is 3.41. The van der Waals surface area contributed by atoms with Gasteiger partial charge >= 0.3 is 5.97 Å². The summed E-state index contributed by atoms with van der Waals surface area (Å²) in [6, 6.07) is 0.604. The number of aromatic nitrogens is 1. The molecule has 0 fully saturated rings. The fraction of sp³-hybridized carbons (Fsp3) is 0.143. The molecule has 0 spiro atoms. The molecule has 0 aromatic carbocycles. The molecule has 1 aromatic rings. The van der Waals surface area contributed by atoms with Crippen molar-refractivity contribution >= 4 is 11.8 Å². The number of nitrogens with zero attached hydrogens (tertiary/aromatic N) is 1. The van der Waals surface area contributed by atoms with Crippen molar-refractivity contribution in [1.82, 2.24) is 4.98 Å². The number of anilines is 1. The second-order valence-corrected chi connectivity index (χ2v) is 2.40. The van der Waals surface area contributed by atoms with Crippen LogP contribution >= 0.6 is 0 Å². The minimum absolute atomic E-state index is 0.459. The molecular weight excluding hydrogens is 201 g/mol. The second kappa shape index (κ2) is 3.52. The maximum absolute atomic E-state index is 13.0. The first-order chi connectivity index (χ1) is 6.43. The van der Waals surface area contributed by atoms with Crippen LogP contribution in [0.15, 0.2) is 6.07 Å². The van der Waals surface area contributed by atoms with Gasteiger partial charge in [-0.15, -0.1) is 0 Å². The van der Waals surface area contributed by atoms with Crippen molar-refractivity contribution in [1.29, 1.82) is 0 Å². The predicted molar refractivity (Wildman–Crippen MR) is 40.5 cm³/mol. The lowest BCUT2D eigenvalue weighted by atomic mass is 10.2. The molecule has 0 saturated carbocycles. The quantitative estimate of drug-likeness (QED) is 0.767. The lowest BCUT2D eigenvalue weighted by molar-refractivity contribution is 0.0683. The molecule has 0 unspecified atom stereocenters. The highest BCUT2D eigenvalue weighted by Gasteiger charge is 2.22.